The van der Waals surface area contributed by atoms with E-state index >= 15 is 0 Å². The van der Waals surface area contributed by atoms with Gasteiger partial charge in [0.2, 0.25) is 10.0 Å². The zero-order valence-electron chi connectivity index (χ0n) is 15.2. The van der Waals surface area contributed by atoms with Crippen molar-refractivity contribution in [3.05, 3.63) is 28.8 Å². The summed E-state index contributed by atoms with van der Waals surface area (Å²) in [5.41, 5.74) is 0.141. The fraction of sp³-hybridized carbons (Fsp3) is 0.533. The Morgan fingerprint density at radius 1 is 1.33 bits per heavy atom. The maximum absolute atomic E-state index is 12.8. The lowest BCUT2D eigenvalue weighted by molar-refractivity contribution is -0.0258. The molecule has 9 nitrogen and oxygen atoms in total. The zero-order chi connectivity index (χ0) is 20.4. The van der Waals surface area contributed by atoms with E-state index in [0.717, 1.165) is 6.26 Å². The van der Waals surface area contributed by atoms with Crippen molar-refractivity contribution in [3.63, 3.8) is 0 Å². The summed E-state index contributed by atoms with van der Waals surface area (Å²) in [5.74, 6) is -0.400. The summed E-state index contributed by atoms with van der Waals surface area (Å²) in [6.45, 7) is 0.651. The summed E-state index contributed by atoms with van der Waals surface area (Å²) < 4.78 is 50.9. The van der Waals surface area contributed by atoms with E-state index in [9.17, 15) is 21.6 Å². The molecule has 1 unspecified atom stereocenters. The molecular weight excluding hydrogens is 418 g/mol. The van der Waals surface area contributed by atoms with Crippen molar-refractivity contribution in [1.29, 1.82) is 0 Å². The summed E-state index contributed by atoms with van der Waals surface area (Å²) in [7, 11) is -5.00. The van der Waals surface area contributed by atoms with E-state index in [-0.39, 0.29) is 28.1 Å². The summed E-state index contributed by atoms with van der Waals surface area (Å²) in [6, 6.07) is 3.59. The molecule has 0 aromatic heterocycles. The molecule has 1 aliphatic heterocycles. The van der Waals surface area contributed by atoms with E-state index in [0.29, 0.717) is 23.9 Å². The van der Waals surface area contributed by atoms with Crippen LogP contribution < -0.4 is 4.72 Å². The van der Waals surface area contributed by atoms with Crippen molar-refractivity contribution in [2.45, 2.75) is 23.8 Å². The van der Waals surface area contributed by atoms with Gasteiger partial charge in [-0.3, -0.25) is 9.63 Å². The number of hydrogen-bond acceptors (Lipinski definition) is 6. The molecule has 1 aromatic carbocycles. The SMILES string of the molecule is CON(C)S(=O)(=O)c1cc(C(=O)N2CCCC(NS(C)(=O)=O)C2)ccc1Cl. The topological polar surface area (TPSA) is 113 Å². The predicted octanol–water partition coefficient (Wildman–Crippen LogP) is 0.676. The van der Waals surface area contributed by atoms with Gasteiger partial charge in [0, 0.05) is 31.7 Å². The average molecular weight is 440 g/mol. The summed E-state index contributed by atoms with van der Waals surface area (Å²) in [4.78, 5) is 18.8. The number of amides is 1. The minimum absolute atomic E-state index is 0.0364. The van der Waals surface area contributed by atoms with Crippen molar-refractivity contribution in [3.8, 4) is 0 Å². The van der Waals surface area contributed by atoms with E-state index in [1.165, 1.54) is 37.3 Å². The molecule has 1 fully saturated rings. The van der Waals surface area contributed by atoms with Gasteiger partial charge in [0.15, 0.2) is 0 Å². The lowest BCUT2D eigenvalue weighted by Crippen LogP contribution is -2.49. The molecule has 12 heteroatoms. The maximum atomic E-state index is 12.8. The number of hydrogen-bond donors (Lipinski definition) is 1. The van der Waals surface area contributed by atoms with Crippen molar-refractivity contribution in [1.82, 2.24) is 14.1 Å². The van der Waals surface area contributed by atoms with Crippen LogP contribution in [0.4, 0.5) is 0 Å². The molecule has 1 N–H and O–H groups in total. The molecule has 0 bridgehead atoms. The Balaban J connectivity index is 2.28. The van der Waals surface area contributed by atoms with Crippen LogP contribution in [0.15, 0.2) is 23.1 Å². The molecule has 1 aromatic rings. The Morgan fingerprint density at radius 2 is 2.00 bits per heavy atom. The highest BCUT2D eigenvalue weighted by molar-refractivity contribution is 7.89. The second-order valence-corrected chi connectivity index (χ2v) is 10.3. The number of piperidine rings is 1. The number of rotatable bonds is 6. The van der Waals surface area contributed by atoms with Crippen molar-refractivity contribution >= 4 is 37.6 Å². The fourth-order valence-electron chi connectivity index (χ4n) is 2.81. The van der Waals surface area contributed by atoms with Gasteiger partial charge in [0.05, 0.1) is 18.4 Å². The molecule has 1 aliphatic rings. The number of sulfonamides is 2. The van der Waals surface area contributed by atoms with Gasteiger partial charge in [0.1, 0.15) is 4.90 Å². The second-order valence-electron chi connectivity index (χ2n) is 6.22. The highest BCUT2D eigenvalue weighted by Gasteiger charge is 2.29. The molecule has 1 amide bonds. The molecule has 2 rings (SSSR count). The lowest BCUT2D eigenvalue weighted by Gasteiger charge is -2.33. The fourth-order valence-corrected chi connectivity index (χ4v) is 5.09. The molecule has 0 aliphatic carbocycles. The number of nitrogens with one attached hydrogen (secondary N) is 1. The van der Waals surface area contributed by atoms with Crippen LogP contribution in [0, 0.1) is 0 Å². The highest BCUT2D eigenvalue weighted by atomic mass is 35.5. The van der Waals surface area contributed by atoms with Crippen molar-refractivity contribution < 1.29 is 26.5 Å². The first-order valence-electron chi connectivity index (χ1n) is 8.05. The Bertz CT molecular complexity index is 919. The molecule has 1 heterocycles. The van der Waals surface area contributed by atoms with Gasteiger partial charge in [-0.05, 0) is 31.0 Å². The van der Waals surface area contributed by atoms with Crippen LogP contribution in [-0.4, -0.2) is 71.7 Å². The van der Waals surface area contributed by atoms with E-state index in [1.54, 1.807) is 0 Å². The molecule has 1 saturated heterocycles. The van der Waals surface area contributed by atoms with Crippen LogP contribution in [0.25, 0.3) is 0 Å². The van der Waals surface area contributed by atoms with E-state index in [1.807, 2.05) is 0 Å². The molecule has 0 spiro atoms. The Labute approximate surface area is 164 Å². The van der Waals surface area contributed by atoms with Gasteiger partial charge in [-0.15, -0.1) is 0 Å². The largest absolute Gasteiger partial charge is 0.337 e. The first-order chi connectivity index (χ1) is 12.5. The van der Waals surface area contributed by atoms with Crippen molar-refractivity contribution in [2.75, 3.05) is 33.5 Å². The molecule has 0 radical (unpaired) electrons. The molecule has 27 heavy (non-hydrogen) atoms. The average Bonchev–Trinajstić information content (AvgIpc) is 2.59. The third kappa shape index (κ3) is 5.39. The van der Waals surface area contributed by atoms with Crippen LogP contribution in [0.1, 0.15) is 23.2 Å². The molecule has 152 valence electrons. The van der Waals surface area contributed by atoms with Gasteiger partial charge < -0.3 is 4.90 Å². The lowest BCUT2D eigenvalue weighted by atomic mass is 10.1. The Morgan fingerprint density at radius 3 is 2.59 bits per heavy atom. The summed E-state index contributed by atoms with van der Waals surface area (Å²) >= 11 is 6.01. The quantitative estimate of drug-likeness (QED) is 0.652. The van der Waals surface area contributed by atoms with Gasteiger partial charge in [-0.25, -0.2) is 21.6 Å². The van der Waals surface area contributed by atoms with Crippen LogP contribution in [0.3, 0.4) is 0 Å². The third-order valence-corrected chi connectivity index (χ3v) is 7.06. The standard InChI is InChI=1S/C15H22ClN3O6S2/c1-18(25-2)27(23,24)14-9-11(6-7-13(14)16)15(20)19-8-4-5-12(10-19)17-26(3,21)22/h6-7,9,12,17H,4-5,8,10H2,1-3H3. The van der Waals surface area contributed by atoms with Gasteiger partial charge in [0.25, 0.3) is 15.9 Å². The highest BCUT2D eigenvalue weighted by Crippen LogP contribution is 2.26. The first kappa shape index (κ1) is 22.1. The molecule has 1 atom stereocenters. The normalized spacial score (nSPS) is 18.7. The van der Waals surface area contributed by atoms with Crippen LogP contribution in [-0.2, 0) is 24.9 Å². The Hall–Kier alpha value is -1.24. The Kier molecular flexibility index (Phi) is 6.87. The van der Waals surface area contributed by atoms with E-state index < -0.39 is 26.0 Å². The van der Waals surface area contributed by atoms with Crippen LogP contribution in [0.2, 0.25) is 5.02 Å². The zero-order valence-corrected chi connectivity index (χ0v) is 17.6. The van der Waals surface area contributed by atoms with Gasteiger partial charge in [-0.1, -0.05) is 16.1 Å². The predicted molar refractivity (Wildman–Crippen MR) is 100 cm³/mol. The van der Waals surface area contributed by atoms with Gasteiger partial charge >= 0.3 is 0 Å². The number of halogens is 1. The summed E-state index contributed by atoms with van der Waals surface area (Å²) in [6.07, 6.45) is 2.32. The number of carbonyl (C=O) groups is 1. The maximum Gasteiger partial charge on any atom is 0.266 e. The van der Waals surface area contributed by atoms with Crippen LogP contribution >= 0.6 is 11.6 Å². The molecular formula is C15H22ClN3O6S2. The van der Waals surface area contributed by atoms with E-state index in [4.69, 9.17) is 16.4 Å². The van der Waals surface area contributed by atoms with E-state index in [2.05, 4.69) is 4.72 Å². The number of hydroxylamine groups is 1. The smallest absolute Gasteiger partial charge is 0.266 e. The number of likely N-dealkylation sites (tertiary alicyclic amines) is 1. The van der Waals surface area contributed by atoms with Crippen LogP contribution in [0.5, 0.6) is 0 Å². The summed E-state index contributed by atoms with van der Waals surface area (Å²) in [5, 5.41) is -0.0364. The third-order valence-electron chi connectivity index (χ3n) is 4.14. The molecule has 0 saturated carbocycles. The first-order valence-corrected chi connectivity index (χ1v) is 11.8. The van der Waals surface area contributed by atoms with Gasteiger partial charge in [-0.2, -0.15) is 0 Å². The number of carbonyl (C=O) groups excluding carboxylic acids is 1. The monoisotopic (exact) mass is 439 g/mol. The minimum Gasteiger partial charge on any atom is -0.337 e. The second kappa shape index (κ2) is 8.41. The van der Waals surface area contributed by atoms with Crippen molar-refractivity contribution in [2.24, 2.45) is 0 Å². The minimum atomic E-state index is -4.02. The number of benzene rings is 1. The number of nitrogens with zero attached hydrogens (tertiary/aromatic N) is 2.